The number of benzene rings is 1. The van der Waals surface area contributed by atoms with E-state index < -0.39 is 41.0 Å². The number of aliphatic hydroxyl groups is 1. The van der Waals surface area contributed by atoms with Gasteiger partial charge >= 0.3 is 0 Å². The summed E-state index contributed by atoms with van der Waals surface area (Å²) < 4.78 is 10.9. The predicted molar refractivity (Wildman–Crippen MR) is 195 cm³/mol. The molecule has 5 N–H and O–H groups in total. The van der Waals surface area contributed by atoms with E-state index in [1.165, 1.54) is 4.90 Å². The Morgan fingerprint density at radius 3 is 2.29 bits per heavy atom. The highest BCUT2D eigenvalue weighted by molar-refractivity contribution is 7.13. The lowest BCUT2D eigenvalue weighted by molar-refractivity contribution is -0.144. The highest BCUT2D eigenvalue weighted by Crippen LogP contribution is 2.30. The number of carbonyl (C=O) groups is 4. The van der Waals surface area contributed by atoms with Gasteiger partial charge < -0.3 is 40.7 Å². The van der Waals surface area contributed by atoms with Crippen LogP contribution in [0.5, 0.6) is 0 Å². The monoisotopic (exact) mass is 735 g/mol. The molecule has 4 atom stereocenters. The summed E-state index contributed by atoms with van der Waals surface area (Å²) in [5, 5.41) is 22.5. The second-order valence-electron chi connectivity index (χ2n) is 14.4. The minimum absolute atomic E-state index is 0.0302. The molecule has 2 aromatic heterocycles. The predicted octanol–water partition coefficient (Wildman–Crippen LogP) is 1.83. The molecule has 0 radical (unpaired) electrons. The molecular weight excluding hydrogens is 687 g/mol. The number of amides is 4. The van der Waals surface area contributed by atoms with E-state index in [0.29, 0.717) is 13.1 Å². The number of thiazole rings is 1. The molecule has 2 saturated heterocycles. The molecule has 14 nitrogen and oxygen atoms in total. The fourth-order valence-corrected chi connectivity index (χ4v) is 7.13. The van der Waals surface area contributed by atoms with E-state index in [9.17, 15) is 24.3 Å². The number of likely N-dealkylation sites (tertiary alicyclic amines) is 1. The number of pyridine rings is 1. The number of aliphatic hydroxyl groups excluding tert-OH is 1. The molecule has 280 valence electrons. The summed E-state index contributed by atoms with van der Waals surface area (Å²) in [4.78, 5) is 64.1. The lowest BCUT2D eigenvalue weighted by Crippen LogP contribution is -2.67. The van der Waals surface area contributed by atoms with Crippen LogP contribution < -0.4 is 21.3 Å². The largest absolute Gasteiger partial charge is 0.391 e. The van der Waals surface area contributed by atoms with Crippen LogP contribution in [0.1, 0.15) is 57.1 Å². The van der Waals surface area contributed by atoms with Crippen LogP contribution in [0.15, 0.2) is 54.2 Å². The Morgan fingerprint density at radius 2 is 1.71 bits per heavy atom. The number of hydrogen-bond donors (Lipinski definition) is 5. The molecule has 4 amide bonds. The summed E-state index contributed by atoms with van der Waals surface area (Å²) in [6.45, 7) is 9.99. The van der Waals surface area contributed by atoms with E-state index in [1.54, 1.807) is 17.5 Å². The van der Waals surface area contributed by atoms with Gasteiger partial charge in [-0.25, -0.2) is 4.98 Å². The highest BCUT2D eigenvalue weighted by Gasteiger charge is 2.45. The SMILES string of the molecule is Cc1ncsc1-c1ccc([C@H](C)NC(=O)[C@@H]2C[C@@H](O)CN2C(=O)[C@@H](NC(=O)COCCOCC(=O)NC2(c3ccccn3)CNC2)C(C)(C)C)cc1. The standard InChI is InChI=1S/C37H49N7O7S/c1-23(25-9-11-26(12-10-25)32-24(2)40-22-52-32)41-34(48)28-16-27(45)17-44(28)35(49)33(36(3,4)5)42-30(46)18-50-14-15-51-19-31(47)43-37(20-38-21-37)29-8-6-7-13-39-29/h6-13,22-23,27-28,33,38,45H,14-21H2,1-5H3,(H,41,48)(H,42,46)(H,43,47)/t23-,27+,28-,33+/m0/s1. The van der Waals surface area contributed by atoms with Gasteiger partial charge in [0.25, 0.3) is 0 Å². The van der Waals surface area contributed by atoms with E-state index in [-0.39, 0.29) is 57.2 Å². The van der Waals surface area contributed by atoms with Crippen molar-refractivity contribution in [3.05, 3.63) is 71.1 Å². The molecular formula is C37H49N7O7S. The van der Waals surface area contributed by atoms with E-state index in [2.05, 4.69) is 31.2 Å². The molecule has 1 aromatic carbocycles. The highest BCUT2D eigenvalue weighted by atomic mass is 32.1. The number of hydrogen-bond acceptors (Lipinski definition) is 11. The summed E-state index contributed by atoms with van der Waals surface area (Å²) in [6, 6.07) is 11.2. The van der Waals surface area contributed by atoms with Crippen LogP contribution in [0.4, 0.5) is 0 Å². The number of β-amino-alcohol motifs (C(OH)–C–C–N with tert-alkyl or cyclic N) is 1. The van der Waals surface area contributed by atoms with Gasteiger partial charge in [0.15, 0.2) is 0 Å². The normalized spacial score (nSPS) is 19.3. The van der Waals surface area contributed by atoms with Gasteiger partial charge in [0, 0.05) is 32.3 Å². The first-order valence-electron chi connectivity index (χ1n) is 17.4. The van der Waals surface area contributed by atoms with Crippen LogP contribution >= 0.6 is 11.3 Å². The van der Waals surface area contributed by atoms with Crippen LogP contribution in [0, 0.1) is 12.3 Å². The number of rotatable bonds is 15. The lowest BCUT2D eigenvalue weighted by Gasteiger charge is -2.42. The van der Waals surface area contributed by atoms with Crippen LogP contribution in [0.3, 0.4) is 0 Å². The minimum atomic E-state index is -0.989. The zero-order valence-electron chi connectivity index (χ0n) is 30.3. The van der Waals surface area contributed by atoms with Crippen molar-refractivity contribution < 1.29 is 33.8 Å². The summed E-state index contributed by atoms with van der Waals surface area (Å²) in [7, 11) is 0. The Balaban J connectivity index is 1.08. The molecule has 2 aliphatic heterocycles. The molecule has 4 heterocycles. The van der Waals surface area contributed by atoms with E-state index in [4.69, 9.17) is 9.47 Å². The van der Waals surface area contributed by atoms with Crippen LogP contribution in [-0.4, -0.2) is 108 Å². The van der Waals surface area contributed by atoms with Crippen molar-refractivity contribution in [1.82, 2.24) is 36.1 Å². The molecule has 2 fully saturated rings. The first-order chi connectivity index (χ1) is 24.8. The molecule has 3 aromatic rings. The van der Waals surface area contributed by atoms with Crippen molar-refractivity contribution >= 4 is 35.0 Å². The van der Waals surface area contributed by atoms with Crippen molar-refractivity contribution in [1.29, 1.82) is 0 Å². The first kappa shape index (κ1) is 38.9. The number of nitrogens with zero attached hydrogens (tertiary/aromatic N) is 3. The van der Waals surface area contributed by atoms with Gasteiger partial charge in [0.2, 0.25) is 23.6 Å². The van der Waals surface area contributed by atoms with E-state index in [0.717, 1.165) is 27.4 Å². The molecule has 52 heavy (non-hydrogen) atoms. The average molecular weight is 736 g/mol. The number of aromatic nitrogens is 2. The Morgan fingerprint density at radius 1 is 1.02 bits per heavy atom. The third kappa shape index (κ3) is 9.58. The maximum Gasteiger partial charge on any atom is 0.246 e. The number of ether oxygens (including phenoxy) is 2. The van der Waals surface area contributed by atoms with Crippen LogP contribution in [0.25, 0.3) is 10.4 Å². The van der Waals surface area contributed by atoms with Gasteiger partial charge in [-0.15, -0.1) is 11.3 Å². The van der Waals surface area contributed by atoms with Gasteiger partial charge in [-0.1, -0.05) is 51.1 Å². The Bertz CT molecular complexity index is 1690. The summed E-state index contributed by atoms with van der Waals surface area (Å²) in [6.07, 6.45) is 0.886. The van der Waals surface area contributed by atoms with Gasteiger partial charge in [-0.2, -0.15) is 0 Å². The maximum atomic E-state index is 13.9. The van der Waals surface area contributed by atoms with Crippen molar-refractivity contribution in [2.24, 2.45) is 5.41 Å². The van der Waals surface area contributed by atoms with Crippen LogP contribution in [0.2, 0.25) is 0 Å². The molecule has 0 aliphatic carbocycles. The van der Waals surface area contributed by atoms with Gasteiger partial charge in [-0.05, 0) is 42.5 Å². The Kier molecular flexibility index (Phi) is 12.8. The molecule has 0 bridgehead atoms. The van der Waals surface area contributed by atoms with Crippen molar-refractivity contribution in [2.45, 2.75) is 70.8 Å². The molecule has 0 unspecified atom stereocenters. The quantitative estimate of drug-likeness (QED) is 0.144. The van der Waals surface area contributed by atoms with Crippen molar-refractivity contribution in [2.75, 3.05) is 46.1 Å². The second-order valence-corrected chi connectivity index (χ2v) is 15.3. The maximum absolute atomic E-state index is 13.9. The van der Waals surface area contributed by atoms with Crippen molar-refractivity contribution in [3.8, 4) is 10.4 Å². The number of carbonyl (C=O) groups excluding carboxylic acids is 4. The summed E-state index contributed by atoms with van der Waals surface area (Å²) in [5.74, 6) is -1.66. The van der Waals surface area contributed by atoms with E-state index >= 15 is 0 Å². The minimum Gasteiger partial charge on any atom is -0.391 e. The van der Waals surface area contributed by atoms with Crippen molar-refractivity contribution in [3.63, 3.8) is 0 Å². The summed E-state index contributed by atoms with van der Waals surface area (Å²) >= 11 is 1.57. The average Bonchev–Trinajstić information content (AvgIpc) is 3.71. The second kappa shape index (κ2) is 17.0. The summed E-state index contributed by atoms with van der Waals surface area (Å²) in [5.41, 5.74) is 4.20. The van der Waals surface area contributed by atoms with Gasteiger partial charge in [0.1, 0.15) is 30.8 Å². The first-order valence-corrected chi connectivity index (χ1v) is 18.3. The Hall–Kier alpha value is -4.28. The molecule has 0 spiro atoms. The number of aryl methyl sites for hydroxylation is 1. The van der Waals surface area contributed by atoms with Gasteiger partial charge in [-0.3, -0.25) is 24.2 Å². The zero-order chi connectivity index (χ0) is 37.5. The number of nitrogens with one attached hydrogen (secondary N) is 4. The zero-order valence-corrected chi connectivity index (χ0v) is 31.1. The molecule has 5 rings (SSSR count). The molecule has 2 aliphatic rings. The smallest absolute Gasteiger partial charge is 0.246 e. The molecule has 15 heteroatoms. The fourth-order valence-electron chi connectivity index (χ4n) is 6.32. The molecule has 0 saturated carbocycles. The third-order valence-electron chi connectivity index (χ3n) is 9.29. The fraction of sp³-hybridized carbons (Fsp3) is 0.514. The Labute approximate surface area is 308 Å². The lowest BCUT2D eigenvalue weighted by atomic mass is 9.85. The van der Waals surface area contributed by atoms with Crippen LogP contribution in [-0.2, 0) is 34.2 Å². The van der Waals surface area contributed by atoms with E-state index in [1.807, 2.05) is 82.6 Å². The van der Waals surface area contributed by atoms with Gasteiger partial charge in [0.05, 0.1) is 47.1 Å². The third-order valence-corrected chi connectivity index (χ3v) is 10.3. The topological polar surface area (TPSA) is 184 Å².